The zero-order valence-corrected chi connectivity index (χ0v) is 17.6. The molecule has 0 aliphatic carbocycles. The molecule has 7 heteroatoms. The number of nitrogens with zero attached hydrogens (tertiary/aromatic N) is 1. The van der Waals surface area contributed by atoms with Gasteiger partial charge in [0.15, 0.2) is 0 Å². The molecule has 1 saturated heterocycles. The summed E-state index contributed by atoms with van der Waals surface area (Å²) in [7, 11) is 0. The number of amides is 4. The summed E-state index contributed by atoms with van der Waals surface area (Å²) >= 11 is 2.14. The summed E-state index contributed by atoms with van der Waals surface area (Å²) in [6.45, 7) is 4.40. The number of urea groups is 1. The third-order valence-electron chi connectivity index (χ3n) is 4.22. The van der Waals surface area contributed by atoms with Gasteiger partial charge < -0.3 is 4.74 Å². The van der Waals surface area contributed by atoms with Crippen molar-refractivity contribution < 1.29 is 19.1 Å². The van der Waals surface area contributed by atoms with Crippen LogP contribution in [-0.2, 0) is 16.0 Å². The lowest BCUT2D eigenvalue weighted by atomic mass is 10.1. The maximum Gasteiger partial charge on any atom is 0.335 e. The van der Waals surface area contributed by atoms with Crippen molar-refractivity contribution in [2.45, 2.75) is 20.3 Å². The number of carbonyl (C=O) groups excluding carboxylic acids is 3. The molecule has 0 spiro atoms. The Morgan fingerprint density at radius 3 is 2.43 bits per heavy atom. The Hall–Kier alpha value is -2.68. The normalized spacial score (nSPS) is 15.8. The topological polar surface area (TPSA) is 75.7 Å². The van der Waals surface area contributed by atoms with Crippen molar-refractivity contribution in [3.63, 3.8) is 0 Å². The molecule has 1 aliphatic rings. The first-order chi connectivity index (χ1) is 13.4. The van der Waals surface area contributed by atoms with Gasteiger partial charge in [-0.25, -0.2) is 9.69 Å². The molecule has 0 saturated carbocycles. The molecule has 0 atom stereocenters. The molecular weight excluding hydrogens is 471 g/mol. The Balaban J connectivity index is 1.98. The van der Waals surface area contributed by atoms with E-state index in [1.54, 1.807) is 18.2 Å². The van der Waals surface area contributed by atoms with Crippen molar-refractivity contribution in [3.8, 4) is 5.75 Å². The standard InChI is InChI=1S/C21H19IN2O4/c1-3-13-5-7-16(8-6-13)24-20(26)18(19(25)23-21(24)27)11-14-9-15(22)12-17(10-14)28-4-2/h5-12H,3-4H2,1-2H3,(H,23,25,27)/b18-11+. The highest BCUT2D eigenvalue weighted by Gasteiger charge is 2.36. The summed E-state index contributed by atoms with van der Waals surface area (Å²) in [6, 6.07) is 11.8. The largest absolute Gasteiger partial charge is 0.494 e. The molecule has 4 amide bonds. The fourth-order valence-corrected chi connectivity index (χ4v) is 3.52. The first kappa shape index (κ1) is 20.1. The van der Waals surface area contributed by atoms with Crippen LogP contribution in [0.15, 0.2) is 48.0 Å². The van der Waals surface area contributed by atoms with Crippen LogP contribution in [0.25, 0.3) is 6.08 Å². The van der Waals surface area contributed by atoms with Crippen molar-refractivity contribution in [1.82, 2.24) is 5.32 Å². The van der Waals surface area contributed by atoms with Crippen LogP contribution in [0.1, 0.15) is 25.0 Å². The minimum Gasteiger partial charge on any atom is -0.494 e. The molecule has 0 radical (unpaired) electrons. The van der Waals surface area contributed by atoms with Gasteiger partial charge in [-0.05, 0) is 83.5 Å². The van der Waals surface area contributed by atoms with Crippen LogP contribution >= 0.6 is 22.6 Å². The lowest BCUT2D eigenvalue weighted by molar-refractivity contribution is -0.122. The van der Waals surface area contributed by atoms with Crippen LogP contribution in [0.3, 0.4) is 0 Å². The van der Waals surface area contributed by atoms with Crippen LogP contribution in [0.2, 0.25) is 0 Å². The Morgan fingerprint density at radius 1 is 1.07 bits per heavy atom. The number of hydrogen-bond acceptors (Lipinski definition) is 4. The van der Waals surface area contributed by atoms with Crippen molar-refractivity contribution in [2.75, 3.05) is 11.5 Å². The minimum atomic E-state index is -0.756. The number of benzene rings is 2. The van der Waals surface area contributed by atoms with Gasteiger partial charge in [0.25, 0.3) is 11.8 Å². The first-order valence-electron chi connectivity index (χ1n) is 8.86. The highest BCUT2D eigenvalue weighted by molar-refractivity contribution is 14.1. The molecule has 0 bridgehead atoms. The fourth-order valence-electron chi connectivity index (χ4n) is 2.86. The van der Waals surface area contributed by atoms with E-state index >= 15 is 0 Å². The number of carbonyl (C=O) groups is 3. The molecule has 6 nitrogen and oxygen atoms in total. The van der Waals surface area contributed by atoms with E-state index in [-0.39, 0.29) is 5.57 Å². The molecular formula is C21H19IN2O4. The average Bonchev–Trinajstić information content (AvgIpc) is 2.65. The lowest BCUT2D eigenvalue weighted by Gasteiger charge is -2.26. The van der Waals surface area contributed by atoms with Gasteiger partial charge in [-0.15, -0.1) is 0 Å². The number of barbiturate groups is 1. The first-order valence-corrected chi connectivity index (χ1v) is 9.94. The number of nitrogens with one attached hydrogen (secondary N) is 1. The van der Waals surface area contributed by atoms with Crippen molar-refractivity contribution >= 4 is 52.2 Å². The van der Waals surface area contributed by atoms with E-state index in [1.807, 2.05) is 38.1 Å². The summed E-state index contributed by atoms with van der Waals surface area (Å²) in [5, 5.41) is 2.24. The number of ether oxygens (including phenoxy) is 1. The van der Waals surface area contributed by atoms with Gasteiger partial charge in [0.1, 0.15) is 11.3 Å². The van der Waals surface area contributed by atoms with Gasteiger partial charge in [-0.2, -0.15) is 0 Å². The zero-order chi connectivity index (χ0) is 20.3. The Morgan fingerprint density at radius 2 is 1.79 bits per heavy atom. The third kappa shape index (κ3) is 4.24. The average molecular weight is 490 g/mol. The molecule has 2 aromatic rings. The van der Waals surface area contributed by atoms with Crippen molar-refractivity contribution in [1.29, 1.82) is 0 Å². The summed E-state index contributed by atoms with van der Waals surface area (Å²) in [6.07, 6.45) is 2.32. The number of hydrogen-bond donors (Lipinski definition) is 1. The van der Waals surface area contributed by atoms with E-state index < -0.39 is 17.8 Å². The maximum absolute atomic E-state index is 12.9. The van der Waals surface area contributed by atoms with E-state index in [1.165, 1.54) is 6.08 Å². The molecule has 0 unspecified atom stereocenters. The molecule has 1 heterocycles. The second-order valence-electron chi connectivity index (χ2n) is 6.13. The second kappa shape index (κ2) is 8.55. The smallest absolute Gasteiger partial charge is 0.335 e. The highest BCUT2D eigenvalue weighted by atomic mass is 127. The molecule has 28 heavy (non-hydrogen) atoms. The van der Waals surface area contributed by atoms with Crippen LogP contribution < -0.4 is 15.0 Å². The Labute approximate surface area is 176 Å². The summed E-state index contributed by atoms with van der Waals surface area (Å²) in [4.78, 5) is 38.5. The minimum absolute atomic E-state index is 0.108. The number of imide groups is 2. The van der Waals surface area contributed by atoms with Gasteiger partial charge >= 0.3 is 6.03 Å². The Bertz CT molecular complexity index is 967. The molecule has 1 N–H and O–H groups in total. The van der Waals surface area contributed by atoms with Crippen LogP contribution in [0, 0.1) is 3.57 Å². The van der Waals surface area contributed by atoms with Gasteiger partial charge in [-0.1, -0.05) is 19.1 Å². The van der Waals surface area contributed by atoms with Gasteiger partial charge in [0.2, 0.25) is 0 Å². The predicted octanol–water partition coefficient (Wildman–Crippen LogP) is 3.92. The zero-order valence-electron chi connectivity index (χ0n) is 15.5. The third-order valence-corrected chi connectivity index (χ3v) is 4.84. The SMILES string of the molecule is CCOc1cc(I)cc(/C=C2\C(=O)NC(=O)N(c3ccc(CC)cc3)C2=O)c1. The van der Waals surface area contributed by atoms with Crippen LogP contribution in [-0.4, -0.2) is 24.5 Å². The van der Waals surface area contributed by atoms with E-state index in [2.05, 4.69) is 27.9 Å². The van der Waals surface area contributed by atoms with Crippen molar-refractivity contribution in [3.05, 3.63) is 62.7 Å². The molecule has 3 rings (SSSR count). The molecule has 0 aromatic heterocycles. The van der Waals surface area contributed by atoms with Crippen LogP contribution in [0.4, 0.5) is 10.5 Å². The van der Waals surface area contributed by atoms with Gasteiger partial charge in [-0.3, -0.25) is 14.9 Å². The quantitative estimate of drug-likeness (QED) is 0.392. The number of anilines is 1. The second-order valence-corrected chi connectivity index (χ2v) is 7.38. The maximum atomic E-state index is 12.9. The monoisotopic (exact) mass is 490 g/mol. The fraction of sp³-hybridized carbons (Fsp3) is 0.190. The predicted molar refractivity (Wildman–Crippen MR) is 115 cm³/mol. The van der Waals surface area contributed by atoms with Gasteiger partial charge in [0.05, 0.1) is 12.3 Å². The Kier molecular flexibility index (Phi) is 6.13. The van der Waals surface area contributed by atoms with Crippen molar-refractivity contribution in [2.24, 2.45) is 0 Å². The molecule has 1 fully saturated rings. The number of rotatable bonds is 5. The van der Waals surface area contributed by atoms with Crippen LogP contribution in [0.5, 0.6) is 5.75 Å². The van der Waals surface area contributed by atoms with E-state index in [4.69, 9.17) is 4.74 Å². The number of aryl methyl sites for hydroxylation is 1. The summed E-state index contributed by atoms with van der Waals surface area (Å²) in [5.74, 6) is -0.726. The van der Waals surface area contributed by atoms with E-state index in [9.17, 15) is 14.4 Å². The van der Waals surface area contributed by atoms with E-state index in [0.717, 1.165) is 20.5 Å². The molecule has 1 aliphatic heterocycles. The summed E-state index contributed by atoms with van der Waals surface area (Å²) < 4.78 is 6.42. The summed E-state index contributed by atoms with van der Waals surface area (Å²) in [5.41, 5.74) is 2.03. The molecule has 2 aromatic carbocycles. The highest BCUT2D eigenvalue weighted by Crippen LogP contribution is 2.25. The number of halogens is 1. The lowest BCUT2D eigenvalue weighted by Crippen LogP contribution is -2.54. The molecule has 144 valence electrons. The van der Waals surface area contributed by atoms with E-state index in [0.29, 0.717) is 23.6 Å². The van der Waals surface area contributed by atoms with Gasteiger partial charge in [0, 0.05) is 3.57 Å².